The van der Waals surface area contributed by atoms with Crippen LogP contribution in [0.25, 0.3) is 16.7 Å². The Bertz CT molecular complexity index is 781. The van der Waals surface area contributed by atoms with Crippen LogP contribution in [0.4, 0.5) is 0 Å². The lowest BCUT2D eigenvalue weighted by Gasteiger charge is -2.10. The molecule has 0 aliphatic carbocycles. The highest BCUT2D eigenvalue weighted by molar-refractivity contribution is 9.10. The van der Waals surface area contributed by atoms with Crippen molar-refractivity contribution in [2.24, 2.45) is 0 Å². The van der Waals surface area contributed by atoms with Crippen molar-refractivity contribution in [1.82, 2.24) is 9.55 Å². The lowest BCUT2D eigenvalue weighted by atomic mass is 10.2. The third kappa shape index (κ3) is 2.65. The molecule has 3 aromatic rings. The first-order valence-electron chi connectivity index (χ1n) is 6.56. The van der Waals surface area contributed by atoms with Gasteiger partial charge in [-0.3, -0.25) is 4.57 Å². The number of halogens is 2. The lowest BCUT2D eigenvalue weighted by molar-refractivity contribution is 0.415. The summed E-state index contributed by atoms with van der Waals surface area (Å²) in [7, 11) is 1.65. The Morgan fingerprint density at radius 2 is 1.90 bits per heavy atom. The van der Waals surface area contributed by atoms with E-state index in [1.54, 1.807) is 7.11 Å². The van der Waals surface area contributed by atoms with Crippen molar-refractivity contribution >= 4 is 38.6 Å². The molecule has 0 bridgehead atoms. The lowest BCUT2D eigenvalue weighted by Crippen LogP contribution is -2.01. The summed E-state index contributed by atoms with van der Waals surface area (Å²) in [6.45, 7) is 1.93. The van der Waals surface area contributed by atoms with Gasteiger partial charge in [0, 0.05) is 16.2 Å². The van der Waals surface area contributed by atoms with E-state index in [2.05, 4.69) is 25.5 Å². The molecule has 0 radical (unpaired) electrons. The van der Waals surface area contributed by atoms with E-state index < -0.39 is 0 Å². The minimum absolute atomic E-state index is 0.188. The summed E-state index contributed by atoms with van der Waals surface area (Å²) in [4.78, 5) is 4.66. The summed E-state index contributed by atoms with van der Waals surface area (Å²) in [6, 6.07) is 14.0. The van der Waals surface area contributed by atoms with Crippen molar-refractivity contribution < 1.29 is 4.74 Å². The maximum absolute atomic E-state index is 6.31. The minimum Gasteiger partial charge on any atom is -0.497 e. The molecule has 3 rings (SSSR count). The second-order valence-corrected chi connectivity index (χ2v) is 6.32. The monoisotopic (exact) mass is 364 g/mol. The van der Waals surface area contributed by atoms with Gasteiger partial charge in [-0.15, -0.1) is 11.6 Å². The van der Waals surface area contributed by atoms with E-state index in [0.717, 1.165) is 32.8 Å². The smallest absolute Gasteiger partial charge is 0.132 e. The zero-order valence-electron chi connectivity index (χ0n) is 11.7. The van der Waals surface area contributed by atoms with Crippen LogP contribution in [0.2, 0.25) is 0 Å². The second-order valence-electron chi connectivity index (χ2n) is 4.75. The number of alkyl halides is 1. The van der Waals surface area contributed by atoms with Crippen molar-refractivity contribution in [2.45, 2.75) is 12.3 Å². The van der Waals surface area contributed by atoms with Crippen molar-refractivity contribution in [3.05, 3.63) is 52.8 Å². The topological polar surface area (TPSA) is 27.1 Å². The Labute approximate surface area is 136 Å². The van der Waals surface area contributed by atoms with Gasteiger partial charge in [-0.1, -0.05) is 15.9 Å². The van der Waals surface area contributed by atoms with Gasteiger partial charge in [0.15, 0.2) is 0 Å². The molecule has 0 aliphatic rings. The largest absolute Gasteiger partial charge is 0.497 e. The number of hydrogen-bond donors (Lipinski definition) is 0. The number of fused-ring (bicyclic) bond motifs is 1. The molecule has 0 amide bonds. The summed E-state index contributed by atoms with van der Waals surface area (Å²) in [5, 5.41) is -0.188. The summed E-state index contributed by atoms with van der Waals surface area (Å²) in [6.07, 6.45) is 0. The average molecular weight is 366 g/mol. The van der Waals surface area contributed by atoms with Gasteiger partial charge in [0.05, 0.1) is 23.5 Å². The highest BCUT2D eigenvalue weighted by Gasteiger charge is 2.16. The van der Waals surface area contributed by atoms with Crippen LogP contribution in [0.5, 0.6) is 5.75 Å². The molecule has 3 nitrogen and oxygen atoms in total. The zero-order valence-corrected chi connectivity index (χ0v) is 14.0. The van der Waals surface area contributed by atoms with E-state index in [4.69, 9.17) is 16.3 Å². The molecular formula is C16H14BrClN2O. The fourth-order valence-electron chi connectivity index (χ4n) is 2.33. The van der Waals surface area contributed by atoms with Crippen LogP contribution in [0.1, 0.15) is 18.1 Å². The van der Waals surface area contributed by atoms with Crippen LogP contribution in [0.15, 0.2) is 46.9 Å². The Kier molecular flexibility index (Phi) is 3.91. The molecule has 1 heterocycles. The van der Waals surface area contributed by atoms with Gasteiger partial charge >= 0.3 is 0 Å². The van der Waals surface area contributed by atoms with E-state index in [0.29, 0.717) is 0 Å². The van der Waals surface area contributed by atoms with Crippen LogP contribution in [-0.2, 0) is 0 Å². The second kappa shape index (κ2) is 5.70. The van der Waals surface area contributed by atoms with Gasteiger partial charge in [0.25, 0.3) is 0 Å². The molecule has 2 aromatic carbocycles. The number of imidazole rings is 1. The van der Waals surface area contributed by atoms with Crippen LogP contribution in [0.3, 0.4) is 0 Å². The first kappa shape index (κ1) is 14.4. The first-order chi connectivity index (χ1) is 10.1. The molecular weight excluding hydrogens is 352 g/mol. The molecule has 0 spiro atoms. The quantitative estimate of drug-likeness (QED) is 0.604. The molecule has 0 saturated carbocycles. The van der Waals surface area contributed by atoms with Gasteiger partial charge in [-0.05, 0) is 43.3 Å². The number of methoxy groups -OCH3 is 1. The van der Waals surface area contributed by atoms with Crippen LogP contribution < -0.4 is 4.74 Å². The molecule has 1 unspecified atom stereocenters. The highest BCUT2D eigenvalue weighted by Crippen LogP contribution is 2.30. The summed E-state index contributed by atoms with van der Waals surface area (Å²) >= 11 is 9.77. The molecule has 1 aromatic heterocycles. The molecule has 0 saturated heterocycles. The van der Waals surface area contributed by atoms with Gasteiger partial charge in [-0.25, -0.2) is 4.98 Å². The number of rotatable bonds is 3. The number of aromatic nitrogens is 2. The van der Waals surface area contributed by atoms with Crippen molar-refractivity contribution in [3.8, 4) is 11.4 Å². The van der Waals surface area contributed by atoms with Crippen LogP contribution >= 0.6 is 27.5 Å². The number of nitrogens with zero attached hydrogens (tertiary/aromatic N) is 2. The molecule has 0 N–H and O–H groups in total. The summed E-state index contributed by atoms with van der Waals surface area (Å²) in [5.41, 5.74) is 2.92. The van der Waals surface area contributed by atoms with Gasteiger partial charge < -0.3 is 4.74 Å². The van der Waals surface area contributed by atoms with Crippen LogP contribution in [0, 0.1) is 0 Å². The van der Waals surface area contributed by atoms with E-state index >= 15 is 0 Å². The van der Waals surface area contributed by atoms with Crippen molar-refractivity contribution in [2.75, 3.05) is 7.11 Å². The van der Waals surface area contributed by atoms with Gasteiger partial charge in [-0.2, -0.15) is 0 Å². The predicted octanol–water partition coefficient (Wildman–Crippen LogP) is 5.10. The zero-order chi connectivity index (χ0) is 15.0. The Morgan fingerprint density at radius 3 is 2.52 bits per heavy atom. The third-order valence-corrected chi connectivity index (χ3v) is 4.05. The van der Waals surface area contributed by atoms with Crippen molar-refractivity contribution in [3.63, 3.8) is 0 Å². The van der Waals surface area contributed by atoms with E-state index in [1.165, 1.54) is 0 Å². The highest BCUT2D eigenvalue weighted by atomic mass is 79.9. The predicted molar refractivity (Wildman–Crippen MR) is 89.6 cm³/mol. The van der Waals surface area contributed by atoms with Gasteiger partial charge in [0.1, 0.15) is 11.6 Å². The normalized spacial score (nSPS) is 12.6. The standard InChI is InChI=1S/C16H14BrClN2O/c1-10(18)16-19-14-9-13(21-2)7-8-15(14)20(16)12-5-3-11(17)4-6-12/h3-10H,1-2H3. The molecule has 108 valence electrons. The third-order valence-electron chi connectivity index (χ3n) is 3.33. The molecule has 5 heteroatoms. The molecule has 0 aliphatic heterocycles. The average Bonchev–Trinajstić information content (AvgIpc) is 2.86. The maximum atomic E-state index is 6.31. The Morgan fingerprint density at radius 1 is 1.19 bits per heavy atom. The van der Waals surface area contributed by atoms with Crippen molar-refractivity contribution in [1.29, 1.82) is 0 Å². The molecule has 21 heavy (non-hydrogen) atoms. The van der Waals surface area contributed by atoms with E-state index in [1.807, 2.05) is 49.4 Å². The number of ether oxygens (including phenoxy) is 1. The minimum atomic E-state index is -0.188. The number of hydrogen-bond acceptors (Lipinski definition) is 2. The molecule has 1 atom stereocenters. The summed E-state index contributed by atoms with van der Waals surface area (Å²) < 4.78 is 8.39. The number of benzene rings is 2. The fourth-order valence-corrected chi connectivity index (χ4v) is 2.74. The van der Waals surface area contributed by atoms with Crippen LogP contribution in [-0.4, -0.2) is 16.7 Å². The van der Waals surface area contributed by atoms with E-state index in [-0.39, 0.29) is 5.38 Å². The van der Waals surface area contributed by atoms with E-state index in [9.17, 15) is 0 Å². The Balaban J connectivity index is 2.28. The summed E-state index contributed by atoms with van der Waals surface area (Å²) in [5.74, 6) is 1.61. The van der Waals surface area contributed by atoms with Gasteiger partial charge in [0.2, 0.25) is 0 Å². The SMILES string of the molecule is COc1ccc2c(c1)nc(C(C)Cl)n2-c1ccc(Br)cc1. The molecule has 0 fully saturated rings. The fraction of sp³-hybridized carbons (Fsp3) is 0.188. The maximum Gasteiger partial charge on any atom is 0.132 e. The first-order valence-corrected chi connectivity index (χ1v) is 7.79. The Hall–Kier alpha value is -1.52.